The second kappa shape index (κ2) is 8.03. The lowest BCUT2D eigenvalue weighted by molar-refractivity contribution is -0.138. The Balaban J connectivity index is 2.19. The number of aromatic nitrogens is 4. The summed E-state index contributed by atoms with van der Waals surface area (Å²) in [6.07, 6.45) is -8.99. The average molecular weight is 499 g/mol. The topological polar surface area (TPSA) is 77.7 Å². The van der Waals surface area contributed by atoms with Gasteiger partial charge in [-0.1, -0.05) is 18.5 Å². The van der Waals surface area contributed by atoms with Crippen molar-refractivity contribution in [2.24, 2.45) is 7.05 Å². The summed E-state index contributed by atoms with van der Waals surface area (Å²) >= 11 is 5.98. The van der Waals surface area contributed by atoms with Crippen LogP contribution in [0.4, 0.5) is 26.3 Å². The first-order chi connectivity index (χ1) is 14.7. The third-order valence-electron chi connectivity index (χ3n) is 4.52. The number of benzene rings is 1. The van der Waals surface area contributed by atoms with Crippen LogP contribution in [0.25, 0.3) is 22.9 Å². The minimum absolute atomic E-state index is 0.0414. The van der Waals surface area contributed by atoms with E-state index in [2.05, 4.69) is 15.2 Å². The lowest BCUT2D eigenvalue weighted by Gasteiger charge is -2.13. The van der Waals surface area contributed by atoms with Crippen molar-refractivity contribution in [1.29, 1.82) is 0 Å². The van der Waals surface area contributed by atoms with Crippen LogP contribution in [-0.2, 0) is 29.2 Å². The van der Waals surface area contributed by atoms with Gasteiger partial charge in [-0.25, -0.2) is 8.42 Å². The standard InChI is InChI=1S/C18H13ClF6N4O2S/c1-3-32(30,31)13-7-10(18(23,24)25)8-26-14(13)16-28-27-15(29(16)2)11-5-4-9(6-12(11)19)17(20,21)22/h4-8H,3H2,1-2H3. The zero-order valence-electron chi connectivity index (χ0n) is 16.3. The highest BCUT2D eigenvalue weighted by atomic mass is 35.5. The second-order valence-electron chi connectivity index (χ2n) is 6.57. The predicted octanol–water partition coefficient (Wildman–Crippen LogP) is 5.03. The van der Waals surface area contributed by atoms with Crippen molar-refractivity contribution in [2.45, 2.75) is 24.2 Å². The first-order valence-electron chi connectivity index (χ1n) is 8.73. The normalized spacial score (nSPS) is 12.9. The van der Waals surface area contributed by atoms with Crippen LogP contribution in [0, 0.1) is 0 Å². The van der Waals surface area contributed by atoms with Gasteiger partial charge in [0.25, 0.3) is 0 Å². The number of rotatable bonds is 4. The van der Waals surface area contributed by atoms with E-state index in [1.807, 2.05) is 0 Å². The van der Waals surface area contributed by atoms with Gasteiger partial charge < -0.3 is 4.57 Å². The molecule has 0 bridgehead atoms. The first kappa shape index (κ1) is 24.0. The van der Waals surface area contributed by atoms with Crippen molar-refractivity contribution in [3.05, 3.63) is 46.6 Å². The van der Waals surface area contributed by atoms with Gasteiger partial charge in [0.05, 0.1) is 26.8 Å². The maximum Gasteiger partial charge on any atom is 0.417 e. The van der Waals surface area contributed by atoms with Gasteiger partial charge in [0, 0.05) is 18.8 Å². The largest absolute Gasteiger partial charge is 0.417 e. The number of sulfone groups is 1. The summed E-state index contributed by atoms with van der Waals surface area (Å²) in [5, 5.41) is 7.32. The molecule has 0 spiro atoms. The molecule has 2 aromatic heterocycles. The number of alkyl halides is 6. The summed E-state index contributed by atoms with van der Waals surface area (Å²) in [5.41, 5.74) is -2.59. The fourth-order valence-corrected chi connectivity index (χ4v) is 4.12. The number of halogens is 7. The van der Waals surface area contributed by atoms with Gasteiger partial charge in [-0.15, -0.1) is 10.2 Å². The molecule has 0 fully saturated rings. The smallest absolute Gasteiger partial charge is 0.309 e. The molecule has 0 N–H and O–H groups in total. The van der Waals surface area contributed by atoms with E-state index in [0.29, 0.717) is 18.3 Å². The Morgan fingerprint density at radius 3 is 2.09 bits per heavy atom. The number of hydrogen-bond acceptors (Lipinski definition) is 5. The molecule has 2 heterocycles. The Morgan fingerprint density at radius 1 is 0.969 bits per heavy atom. The van der Waals surface area contributed by atoms with E-state index in [-0.39, 0.29) is 27.9 Å². The van der Waals surface area contributed by atoms with Crippen molar-refractivity contribution >= 4 is 21.4 Å². The Kier molecular flexibility index (Phi) is 6.02. The highest BCUT2D eigenvalue weighted by Crippen LogP contribution is 2.37. The van der Waals surface area contributed by atoms with Crippen LogP contribution in [0.1, 0.15) is 18.1 Å². The monoisotopic (exact) mass is 498 g/mol. The van der Waals surface area contributed by atoms with Crippen molar-refractivity contribution in [3.63, 3.8) is 0 Å². The summed E-state index contributed by atoms with van der Waals surface area (Å²) in [5.74, 6) is -0.754. The van der Waals surface area contributed by atoms with Crippen LogP contribution >= 0.6 is 11.6 Å². The van der Waals surface area contributed by atoms with Crippen LogP contribution in [0.15, 0.2) is 35.4 Å². The summed E-state index contributed by atoms with van der Waals surface area (Å²) in [4.78, 5) is 2.96. The first-order valence-corrected chi connectivity index (χ1v) is 10.8. The molecular formula is C18H13ClF6N4O2S. The van der Waals surface area contributed by atoms with Crippen molar-refractivity contribution in [3.8, 4) is 22.9 Å². The summed E-state index contributed by atoms with van der Waals surface area (Å²) in [6, 6.07) is 2.98. The van der Waals surface area contributed by atoms with E-state index in [0.717, 1.165) is 12.1 Å². The lowest BCUT2D eigenvalue weighted by atomic mass is 10.1. The summed E-state index contributed by atoms with van der Waals surface area (Å²) in [7, 11) is -2.81. The molecule has 0 saturated carbocycles. The van der Waals surface area contributed by atoms with Gasteiger partial charge in [-0.05, 0) is 24.3 Å². The molecule has 0 radical (unpaired) electrons. The molecule has 0 unspecified atom stereocenters. The Morgan fingerprint density at radius 2 is 1.56 bits per heavy atom. The minimum Gasteiger partial charge on any atom is -0.309 e. The third kappa shape index (κ3) is 4.44. The van der Waals surface area contributed by atoms with Crippen LogP contribution in [0.5, 0.6) is 0 Å². The highest BCUT2D eigenvalue weighted by Gasteiger charge is 2.35. The molecular weight excluding hydrogens is 486 g/mol. The molecule has 3 aromatic rings. The summed E-state index contributed by atoms with van der Waals surface area (Å²) in [6.45, 7) is 1.25. The predicted molar refractivity (Wildman–Crippen MR) is 102 cm³/mol. The van der Waals surface area contributed by atoms with Gasteiger partial charge in [-0.3, -0.25) is 4.98 Å². The fraction of sp³-hybridized carbons (Fsp3) is 0.278. The van der Waals surface area contributed by atoms with E-state index in [1.54, 1.807) is 0 Å². The molecule has 14 heteroatoms. The SMILES string of the molecule is CCS(=O)(=O)c1cc(C(F)(F)F)cnc1-c1nnc(-c2ccc(C(F)(F)F)cc2Cl)n1C. The third-order valence-corrected chi connectivity index (χ3v) is 6.57. The maximum atomic E-state index is 13.1. The van der Waals surface area contributed by atoms with Crippen molar-refractivity contribution < 1.29 is 34.8 Å². The maximum absolute atomic E-state index is 13.1. The van der Waals surface area contributed by atoms with Crippen LogP contribution in [-0.4, -0.2) is 33.9 Å². The Labute approximate surface area is 182 Å². The van der Waals surface area contributed by atoms with E-state index >= 15 is 0 Å². The highest BCUT2D eigenvalue weighted by molar-refractivity contribution is 7.91. The molecule has 0 atom stereocenters. The second-order valence-corrected chi connectivity index (χ2v) is 9.22. The molecule has 3 rings (SSSR count). The van der Waals surface area contributed by atoms with Crippen molar-refractivity contribution in [1.82, 2.24) is 19.7 Å². The van der Waals surface area contributed by atoms with Gasteiger partial charge >= 0.3 is 12.4 Å². The average Bonchev–Trinajstić information content (AvgIpc) is 3.07. The van der Waals surface area contributed by atoms with E-state index in [4.69, 9.17) is 11.6 Å². The zero-order valence-corrected chi connectivity index (χ0v) is 17.8. The van der Waals surface area contributed by atoms with Crippen LogP contribution in [0.3, 0.4) is 0 Å². The van der Waals surface area contributed by atoms with Gasteiger partial charge in [-0.2, -0.15) is 26.3 Å². The van der Waals surface area contributed by atoms with Crippen LogP contribution < -0.4 is 0 Å². The van der Waals surface area contributed by atoms with Gasteiger partial charge in [0.2, 0.25) is 0 Å². The van der Waals surface area contributed by atoms with Crippen LogP contribution in [0.2, 0.25) is 5.02 Å². The molecule has 32 heavy (non-hydrogen) atoms. The van der Waals surface area contributed by atoms with Gasteiger partial charge in [0.15, 0.2) is 21.5 Å². The Bertz CT molecular complexity index is 1290. The molecule has 0 aliphatic carbocycles. The quantitative estimate of drug-likeness (QED) is 0.472. The zero-order chi connectivity index (χ0) is 24.1. The molecule has 0 aliphatic heterocycles. The lowest BCUT2D eigenvalue weighted by Crippen LogP contribution is -2.13. The molecule has 6 nitrogen and oxygen atoms in total. The number of hydrogen-bond donors (Lipinski definition) is 0. The van der Waals surface area contributed by atoms with Gasteiger partial charge in [0.1, 0.15) is 5.69 Å². The summed E-state index contributed by atoms with van der Waals surface area (Å²) < 4.78 is 104. The molecule has 0 amide bonds. The van der Waals surface area contributed by atoms with E-state index in [9.17, 15) is 34.8 Å². The van der Waals surface area contributed by atoms with E-state index < -0.39 is 44.0 Å². The minimum atomic E-state index is -4.83. The fourth-order valence-electron chi connectivity index (χ4n) is 2.80. The Hall–Kier alpha value is -2.67. The number of pyridine rings is 1. The molecule has 0 saturated heterocycles. The van der Waals surface area contributed by atoms with Crippen molar-refractivity contribution in [2.75, 3.05) is 5.75 Å². The number of nitrogens with zero attached hydrogens (tertiary/aromatic N) is 4. The molecule has 1 aromatic carbocycles. The molecule has 0 aliphatic rings. The molecule has 172 valence electrons. The van der Waals surface area contributed by atoms with E-state index in [1.165, 1.54) is 18.5 Å².